The summed E-state index contributed by atoms with van der Waals surface area (Å²) >= 11 is 0. The second-order valence-electron chi connectivity index (χ2n) is 7.46. The quantitative estimate of drug-likeness (QED) is 0.488. The first-order valence-electron chi connectivity index (χ1n) is 10.9. The lowest BCUT2D eigenvalue weighted by Crippen LogP contribution is -2.47. The number of carbonyl (C=O) groups excluding carboxylic acids is 2. The molecule has 0 radical (unpaired) electrons. The number of unbranched alkanes of at least 4 members (excludes halogenated alkanes) is 1. The van der Waals surface area contributed by atoms with Crippen molar-refractivity contribution < 1.29 is 19.1 Å². The second kappa shape index (κ2) is 13.3. The Morgan fingerprint density at radius 1 is 1.00 bits per heavy atom. The Kier molecular flexibility index (Phi) is 10.4. The van der Waals surface area contributed by atoms with Crippen LogP contribution < -0.4 is 14.8 Å². The van der Waals surface area contributed by atoms with Gasteiger partial charge in [-0.05, 0) is 49.6 Å². The van der Waals surface area contributed by atoms with Crippen molar-refractivity contribution in [3.05, 3.63) is 60.2 Å². The number of methoxy groups -OCH3 is 1. The molecule has 0 saturated carbocycles. The van der Waals surface area contributed by atoms with Gasteiger partial charge in [-0.1, -0.05) is 43.7 Å². The molecule has 0 heterocycles. The Hall–Kier alpha value is -3.02. The van der Waals surface area contributed by atoms with E-state index in [1.165, 1.54) is 0 Å². The summed E-state index contributed by atoms with van der Waals surface area (Å²) < 4.78 is 10.9. The van der Waals surface area contributed by atoms with Crippen molar-refractivity contribution in [1.29, 1.82) is 0 Å². The first-order chi connectivity index (χ1) is 15.0. The van der Waals surface area contributed by atoms with Gasteiger partial charge in [0.25, 0.3) is 0 Å². The zero-order valence-electron chi connectivity index (χ0n) is 18.8. The highest BCUT2D eigenvalue weighted by atomic mass is 16.5. The van der Waals surface area contributed by atoms with Gasteiger partial charge in [-0.15, -0.1) is 0 Å². The van der Waals surface area contributed by atoms with Crippen LogP contribution in [-0.2, 0) is 16.1 Å². The van der Waals surface area contributed by atoms with Crippen molar-refractivity contribution in [2.75, 3.05) is 20.3 Å². The highest BCUT2D eigenvalue weighted by Gasteiger charge is 2.25. The SMILES string of the molecule is CCCCNC(=O)[C@H](C)N(Cc1ccccc1)C(=O)CCCOc1ccc(OC)cc1. The molecule has 0 spiro atoms. The summed E-state index contributed by atoms with van der Waals surface area (Å²) in [5, 5.41) is 2.93. The van der Waals surface area contributed by atoms with Crippen molar-refractivity contribution in [3.8, 4) is 11.5 Å². The maximum absolute atomic E-state index is 13.0. The van der Waals surface area contributed by atoms with Crippen LogP contribution in [0.1, 0.15) is 45.1 Å². The van der Waals surface area contributed by atoms with E-state index in [1.807, 2.05) is 54.6 Å². The summed E-state index contributed by atoms with van der Waals surface area (Å²) in [6, 6.07) is 16.6. The number of nitrogens with one attached hydrogen (secondary N) is 1. The summed E-state index contributed by atoms with van der Waals surface area (Å²) in [6.45, 7) is 5.32. The maximum Gasteiger partial charge on any atom is 0.242 e. The minimum absolute atomic E-state index is 0.0553. The van der Waals surface area contributed by atoms with Crippen LogP contribution in [0, 0.1) is 0 Å². The van der Waals surface area contributed by atoms with Crippen molar-refractivity contribution in [3.63, 3.8) is 0 Å². The number of amides is 2. The van der Waals surface area contributed by atoms with E-state index in [0.717, 1.165) is 29.9 Å². The number of ether oxygens (including phenoxy) is 2. The molecule has 2 amide bonds. The van der Waals surface area contributed by atoms with Crippen molar-refractivity contribution in [2.45, 2.75) is 52.1 Å². The Morgan fingerprint density at radius 2 is 1.68 bits per heavy atom. The van der Waals surface area contributed by atoms with Crippen LogP contribution in [0.15, 0.2) is 54.6 Å². The van der Waals surface area contributed by atoms with Crippen LogP contribution in [0.5, 0.6) is 11.5 Å². The minimum atomic E-state index is -0.535. The molecule has 31 heavy (non-hydrogen) atoms. The van der Waals surface area contributed by atoms with Gasteiger partial charge in [-0.25, -0.2) is 0 Å². The van der Waals surface area contributed by atoms with E-state index < -0.39 is 6.04 Å². The van der Waals surface area contributed by atoms with Crippen LogP contribution in [0.3, 0.4) is 0 Å². The Labute approximate surface area is 185 Å². The molecule has 0 aliphatic heterocycles. The molecule has 6 nitrogen and oxygen atoms in total. The van der Waals surface area contributed by atoms with Gasteiger partial charge in [-0.2, -0.15) is 0 Å². The third kappa shape index (κ3) is 8.32. The number of hydrogen-bond acceptors (Lipinski definition) is 4. The van der Waals surface area contributed by atoms with Gasteiger partial charge in [0.2, 0.25) is 11.8 Å². The lowest BCUT2D eigenvalue weighted by molar-refractivity contribution is -0.140. The monoisotopic (exact) mass is 426 g/mol. The van der Waals surface area contributed by atoms with E-state index in [-0.39, 0.29) is 11.8 Å². The van der Waals surface area contributed by atoms with Crippen LogP contribution >= 0.6 is 0 Å². The van der Waals surface area contributed by atoms with Crippen LogP contribution in [-0.4, -0.2) is 43.0 Å². The molecule has 168 valence electrons. The first-order valence-corrected chi connectivity index (χ1v) is 10.9. The lowest BCUT2D eigenvalue weighted by atomic mass is 10.1. The lowest BCUT2D eigenvalue weighted by Gasteiger charge is -2.29. The normalized spacial score (nSPS) is 11.5. The fraction of sp³-hybridized carbons (Fsp3) is 0.440. The van der Waals surface area contributed by atoms with Gasteiger partial charge in [0.1, 0.15) is 17.5 Å². The summed E-state index contributed by atoms with van der Waals surface area (Å²) in [5.41, 5.74) is 0.999. The van der Waals surface area contributed by atoms with E-state index in [0.29, 0.717) is 32.5 Å². The largest absolute Gasteiger partial charge is 0.497 e. The Balaban J connectivity index is 1.92. The average Bonchev–Trinajstić information content (AvgIpc) is 2.80. The summed E-state index contributed by atoms with van der Waals surface area (Å²) in [6.07, 6.45) is 2.82. The van der Waals surface area contributed by atoms with Crippen LogP contribution in [0.25, 0.3) is 0 Å². The van der Waals surface area contributed by atoms with E-state index >= 15 is 0 Å². The molecule has 0 saturated heterocycles. The van der Waals surface area contributed by atoms with E-state index in [1.54, 1.807) is 18.9 Å². The van der Waals surface area contributed by atoms with E-state index in [9.17, 15) is 9.59 Å². The average molecular weight is 427 g/mol. The molecule has 0 aliphatic rings. The van der Waals surface area contributed by atoms with Crippen molar-refractivity contribution >= 4 is 11.8 Å². The molecule has 0 aliphatic carbocycles. The summed E-state index contributed by atoms with van der Waals surface area (Å²) in [5.74, 6) is 1.33. The number of hydrogen-bond donors (Lipinski definition) is 1. The number of benzene rings is 2. The zero-order chi connectivity index (χ0) is 22.5. The molecule has 0 bridgehead atoms. The number of carbonyl (C=O) groups is 2. The molecule has 2 rings (SSSR count). The van der Waals surface area contributed by atoms with Crippen molar-refractivity contribution in [2.24, 2.45) is 0 Å². The van der Waals surface area contributed by atoms with Gasteiger partial charge in [0.15, 0.2) is 0 Å². The van der Waals surface area contributed by atoms with Gasteiger partial charge in [0, 0.05) is 19.5 Å². The summed E-state index contributed by atoms with van der Waals surface area (Å²) in [4.78, 5) is 27.2. The highest BCUT2D eigenvalue weighted by molar-refractivity contribution is 5.87. The molecule has 1 atom stereocenters. The third-order valence-electron chi connectivity index (χ3n) is 5.06. The molecule has 0 aromatic heterocycles. The second-order valence-corrected chi connectivity index (χ2v) is 7.46. The van der Waals surface area contributed by atoms with E-state index in [4.69, 9.17) is 9.47 Å². The molecular formula is C25H34N2O4. The van der Waals surface area contributed by atoms with Gasteiger partial charge in [0.05, 0.1) is 13.7 Å². The third-order valence-corrected chi connectivity index (χ3v) is 5.06. The first kappa shape index (κ1) is 24.3. The van der Waals surface area contributed by atoms with Gasteiger partial charge in [-0.3, -0.25) is 9.59 Å². The number of nitrogens with zero attached hydrogens (tertiary/aromatic N) is 1. The highest BCUT2D eigenvalue weighted by Crippen LogP contribution is 2.17. The van der Waals surface area contributed by atoms with Crippen molar-refractivity contribution in [1.82, 2.24) is 10.2 Å². The zero-order valence-corrected chi connectivity index (χ0v) is 18.8. The number of rotatable bonds is 13. The molecule has 2 aromatic rings. The topological polar surface area (TPSA) is 67.9 Å². The summed E-state index contributed by atoms with van der Waals surface area (Å²) in [7, 11) is 1.62. The predicted molar refractivity (Wildman–Crippen MR) is 122 cm³/mol. The molecule has 0 fully saturated rings. The molecule has 6 heteroatoms. The molecule has 1 N–H and O–H groups in total. The van der Waals surface area contributed by atoms with Gasteiger partial charge >= 0.3 is 0 Å². The predicted octanol–water partition coefficient (Wildman–Crippen LogP) is 4.19. The van der Waals surface area contributed by atoms with Crippen LogP contribution in [0.2, 0.25) is 0 Å². The molecule has 0 unspecified atom stereocenters. The molecular weight excluding hydrogens is 392 g/mol. The van der Waals surface area contributed by atoms with Crippen LogP contribution in [0.4, 0.5) is 0 Å². The smallest absolute Gasteiger partial charge is 0.242 e. The Bertz CT molecular complexity index is 793. The fourth-order valence-corrected chi connectivity index (χ4v) is 3.13. The minimum Gasteiger partial charge on any atom is -0.497 e. The Morgan fingerprint density at radius 3 is 2.32 bits per heavy atom. The molecule has 2 aromatic carbocycles. The standard InChI is InChI=1S/C25H34N2O4/c1-4-5-17-26-25(29)20(2)27(19-21-10-7-6-8-11-21)24(28)12-9-18-31-23-15-13-22(30-3)14-16-23/h6-8,10-11,13-16,20H,4-5,9,12,17-19H2,1-3H3,(H,26,29)/t20-/m0/s1. The van der Waals surface area contributed by atoms with E-state index in [2.05, 4.69) is 12.2 Å². The fourth-order valence-electron chi connectivity index (χ4n) is 3.13. The maximum atomic E-state index is 13.0. The van der Waals surface area contributed by atoms with Gasteiger partial charge < -0.3 is 19.7 Å².